The average Bonchev–Trinajstić information content (AvgIpc) is 3.15. The second-order valence-corrected chi connectivity index (χ2v) is 9.70. The van der Waals surface area contributed by atoms with E-state index < -0.39 is 28.7 Å². The van der Waals surface area contributed by atoms with Gasteiger partial charge in [0, 0.05) is 37.1 Å². The molecule has 0 saturated carbocycles. The van der Waals surface area contributed by atoms with Crippen molar-refractivity contribution in [3.8, 4) is 0 Å². The van der Waals surface area contributed by atoms with Crippen molar-refractivity contribution in [3.63, 3.8) is 0 Å². The Morgan fingerprint density at radius 2 is 1.97 bits per heavy atom. The molecular weight excluding hydrogens is 447 g/mol. The Kier molecular flexibility index (Phi) is 5.86. The number of nitrogens with one attached hydrogen (secondary N) is 2. The van der Waals surface area contributed by atoms with E-state index in [1.165, 1.54) is 27.4 Å². The lowest BCUT2D eigenvalue weighted by Crippen LogP contribution is -2.38. The van der Waals surface area contributed by atoms with Gasteiger partial charge in [-0.2, -0.15) is 17.5 Å². The molecule has 0 radical (unpaired) electrons. The Hall–Kier alpha value is -2.70. The summed E-state index contributed by atoms with van der Waals surface area (Å²) in [4.78, 5) is 20.9. The third-order valence-corrected chi connectivity index (χ3v) is 7.30. The van der Waals surface area contributed by atoms with Crippen LogP contribution in [0.5, 0.6) is 0 Å². The first-order valence-corrected chi connectivity index (χ1v) is 11.5. The SMILES string of the molecule is Cc1cnc(/C=C2\C(=O)Nc3cccc(S(=O)(=O)N4CCCN(CC(F)(F)F)CC4)c32)[nH]1. The quantitative estimate of drug-likeness (QED) is 0.671. The molecule has 1 aromatic heterocycles. The van der Waals surface area contributed by atoms with Crippen molar-refractivity contribution in [2.45, 2.75) is 24.4 Å². The summed E-state index contributed by atoms with van der Waals surface area (Å²) in [6, 6.07) is 4.54. The fourth-order valence-corrected chi connectivity index (χ4v) is 5.65. The Labute approximate surface area is 183 Å². The van der Waals surface area contributed by atoms with Crippen LogP contribution in [0.4, 0.5) is 18.9 Å². The summed E-state index contributed by atoms with van der Waals surface area (Å²) < 4.78 is 66.4. The van der Waals surface area contributed by atoms with Gasteiger partial charge in [-0.25, -0.2) is 13.4 Å². The van der Waals surface area contributed by atoms with Crippen LogP contribution in [0.15, 0.2) is 29.3 Å². The van der Waals surface area contributed by atoms with Gasteiger partial charge in [0.2, 0.25) is 10.0 Å². The summed E-state index contributed by atoms with van der Waals surface area (Å²) >= 11 is 0. The molecule has 3 heterocycles. The van der Waals surface area contributed by atoms with Crippen molar-refractivity contribution in [1.29, 1.82) is 0 Å². The molecule has 0 unspecified atom stereocenters. The number of anilines is 1. The number of fused-ring (bicyclic) bond motifs is 1. The zero-order chi connectivity index (χ0) is 23.1. The molecule has 4 rings (SSSR count). The normalized spacial score (nSPS) is 19.8. The molecular formula is C20H22F3N5O3S. The zero-order valence-corrected chi connectivity index (χ0v) is 18.1. The van der Waals surface area contributed by atoms with Crippen LogP contribution in [0.25, 0.3) is 11.6 Å². The Morgan fingerprint density at radius 1 is 1.19 bits per heavy atom. The van der Waals surface area contributed by atoms with Crippen LogP contribution in [-0.2, 0) is 14.8 Å². The summed E-state index contributed by atoms with van der Waals surface area (Å²) in [7, 11) is -4.06. The highest BCUT2D eigenvalue weighted by atomic mass is 32.2. The number of hydrogen-bond acceptors (Lipinski definition) is 5. The number of H-pyrrole nitrogens is 1. The van der Waals surface area contributed by atoms with Crippen molar-refractivity contribution < 1.29 is 26.4 Å². The summed E-state index contributed by atoms with van der Waals surface area (Å²) in [5.41, 5.74) is 1.54. The number of hydrogen-bond donors (Lipinski definition) is 2. The first kappa shape index (κ1) is 22.5. The molecule has 8 nitrogen and oxygen atoms in total. The van der Waals surface area contributed by atoms with E-state index in [0.29, 0.717) is 11.5 Å². The van der Waals surface area contributed by atoms with Gasteiger partial charge in [0.25, 0.3) is 5.91 Å². The van der Waals surface area contributed by atoms with Gasteiger partial charge in [-0.1, -0.05) is 6.07 Å². The number of alkyl halides is 3. The second kappa shape index (κ2) is 8.34. The number of rotatable bonds is 4. The first-order valence-electron chi connectivity index (χ1n) is 10.0. The van der Waals surface area contributed by atoms with E-state index in [1.807, 2.05) is 0 Å². The van der Waals surface area contributed by atoms with E-state index >= 15 is 0 Å². The fraction of sp³-hybridized carbons (Fsp3) is 0.400. The van der Waals surface area contributed by atoms with E-state index in [9.17, 15) is 26.4 Å². The molecule has 172 valence electrons. The van der Waals surface area contributed by atoms with Crippen molar-refractivity contribution in [2.75, 3.05) is 38.0 Å². The molecule has 1 saturated heterocycles. The molecule has 32 heavy (non-hydrogen) atoms. The lowest BCUT2D eigenvalue weighted by atomic mass is 10.1. The zero-order valence-electron chi connectivity index (χ0n) is 17.2. The van der Waals surface area contributed by atoms with Gasteiger partial charge in [0.15, 0.2) is 0 Å². The molecule has 2 aliphatic rings. The molecule has 0 bridgehead atoms. The van der Waals surface area contributed by atoms with Crippen molar-refractivity contribution in [1.82, 2.24) is 19.2 Å². The van der Waals surface area contributed by atoms with Gasteiger partial charge in [-0.3, -0.25) is 9.69 Å². The van der Waals surface area contributed by atoms with Crippen LogP contribution in [0.1, 0.15) is 23.5 Å². The van der Waals surface area contributed by atoms with Crippen LogP contribution >= 0.6 is 0 Å². The third-order valence-electron chi connectivity index (χ3n) is 5.36. The Balaban J connectivity index is 1.67. The second-order valence-electron chi connectivity index (χ2n) is 7.79. The predicted octanol–water partition coefficient (Wildman–Crippen LogP) is 2.47. The number of imidazole rings is 1. The van der Waals surface area contributed by atoms with E-state index in [1.54, 1.807) is 19.2 Å². The molecule has 1 fully saturated rings. The molecule has 0 aliphatic carbocycles. The molecule has 0 spiro atoms. The monoisotopic (exact) mass is 469 g/mol. The largest absolute Gasteiger partial charge is 0.401 e. The molecule has 2 aromatic rings. The number of aryl methyl sites for hydroxylation is 1. The van der Waals surface area contributed by atoms with Crippen LogP contribution in [-0.4, -0.2) is 72.4 Å². The van der Waals surface area contributed by atoms with E-state index in [-0.39, 0.29) is 48.6 Å². The fourth-order valence-electron chi connectivity index (χ4n) is 3.95. The molecule has 1 aromatic carbocycles. The number of carbonyl (C=O) groups is 1. The standard InChI is InChI=1S/C20H22F3N5O3S/c1-13-11-24-17(25-13)10-14-18-15(26-19(14)29)4-2-5-16(18)32(30,31)28-7-3-6-27(8-9-28)12-20(21,22)23/h2,4-5,10-11H,3,6-9,12H2,1H3,(H,24,25)(H,26,29)/b14-10-. The maximum atomic E-state index is 13.5. The number of aromatic nitrogens is 2. The van der Waals surface area contributed by atoms with Gasteiger partial charge in [-0.05, 0) is 38.1 Å². The van der Waals surface area contributed by atoms with E-state index in [2.05, 4.69) is 15.3 Å². The molecule has 2 aliphatic heterocycles. The highest BCUT2D eigenvalue weighted by Gasteiger charge is 2.37. The minimum Gasteiger partial charge on any atom is -0.343 e. The third kappa shape index (κ3) is 4.57. The minimum absolute atomic E-state index is 0.0285. The summed E-state index contributed by atoms with van der Waals surface area (Å²) in [5.74, 6) is -0.0470. The van der Waals surface area contributed by atoms with Crippen LogP contribution in [0, 0.1) is 6.92 Å². The van der Waals surface area contributed by atoms with Gasteiger partial charge in [0.05, 0.1) is 22.7 Å². The van der Waals surface area contributed by atoms with Gasteiger partial charge in [-0.15, -0.1) is 0 Å². The molecule has 2 N–H and O–H groups in total. The van der Waals surface area contributed by atoms with E-state index in [0.717, 1.165) is 5.69 Å². The van der Waals surface area contributed by atoms with Gasteiger partial charge in [0.1, 0.15) is 5.82 Å². The Bertz CT molecular complexity index is 1170. The topological polar surface area (TPSA) is 98.4 Å². The lowest BCUT2D eigenvalue weighted by molar-refractivity contribution is -0.145. The van der Waals surface area contributed by atoms with Crippen LogP contribution < -0.4 is 5.32 Å². The molecule has 12 heteroatoms. The highest BCUT2D eigenvalue weighted by molar-refractivity contribution is 7.89. The maximum absolute atomic E-state index is 13.5. The summed E-state index contributed by atoms with van der Waals surface area (Å²) in [5, 5.41) is 2.67. The maximum Gasteiger partial charge on any atom is 0.401 e. The summed E-state index contributed by atoms with van der Waals surface area (Å²) in [6.07, 6.45) is -0.993. The van der Waals surface area contributed by atoms with Crippen LogP contribution in [0.3, 0.4) is 0 Å². The van der Waals surface area contributed by atoms with Crippen molar-refractivity contribution in [3.05, 3.63) is 41.5 Å². The molecule has 1 amide bonds. The number of nitrogens with zero attached hydrogens (tertiary/aromatic N) is 3. The lowest BCUT2D eigenvalue weighted by Gasteiger charge is -2.23. The molecule has 0 atom stereocenters. The average molecular weight is 469 g/mol. The van der Waals surface area contributed by atoms with Crippen molar-refractivity contribution >= 4 is 33.3 Å². The van der Waals surface area contributed by atoms with Crippen LogP contribution in [0.2, 0.25) is 0 Å². The first-order chi connectivity index (χ1) is 15.0. The number of carbonyl (C=O) groups excluding carboxylic acids is 1. The van der Waals surface area contributed by atoms with Gasteiger partial charge < -0.3 is 10.3 Å². The number of amides is 1. The number of aromatic amines is 1. The van der Waals surface area contributed by atoms with Gasteiger partial charge >= 0.3 is 6.18 Å². The number of sulfonamides is 1. The highest BCUT2D eigenvalue weighted by Crippen LogP contribution is 2.38. The summed E-state index contributed by atoms with van der Waals surface area (Å²) in [6.45, 7) is 0.878. The predicted molar refractivity (Wildman–Crippen MR) is 112 cm³/mol. The van der Waals surface area contributed by atoms with Crippen molar-refractivity contribution in [2.24, 2.45) is 0 Å². The number of halogens is 3. The van der Waals surface area contributed by atoms with E-state index in [4.69, 9.17) is 0 Å². The number of benzene rings is 1. The smallest absolute Gasteiger partial charge is 0.343 e. The minimum atomic E-state index is -4.34. The Morgan fingerprint density at radius 3 is 2.66 bits per heavy atom.